The predicted molar refractivity (Wildman–Crippen MR) is 84.9 cm³/mol. The lowest BCUT2D eigenvalue weighted by Gasteiger charge is -2.08. The van der Waals surface area contributed by atoms with Gasteiger partial charge >= 0.3 is 5.97 Å². The van der Waals surface area contributed by atoms with Crippen molar-refractivity contribution in [1.82, 2.24) is 0 Å². The number of rotatable bonds is 6. The highest BCUT2D eigenvalue weighted by Crippen LogP contribution is 2.34. The molecule has 1 N–H and O–H groups in total. The van der Waals surface area contributed by atoms with Gasteiger partial charge in [-0.3, -0.25) is 4.21 Å². The third kappa shape index (κ3) is 3.49. The van der Waals surface area contributed by atoms with Gasteiger partial charge in [0.05, 0.1) is 5.75 Å². The number of aromatic carboxylic acids is 1. The topological polar surface area (TPSA) is 54.4 Å². The van der Waals surface area contributed by atoms with Gasteiger partial charge in [0, 0.05) is 32.2 Å². The van der Waals surface area contributed by atoms with Gasteiger partial charge < -0.3 is 5.11 Å². The molecule has 0 spiro atoms. The molecule has 6 heteroatoms. The highest BCUT2D eigenvalue weighted by Gasteiger charge is 2.22. The van der Waals surface area contributed by atoms with E-state index in [2.05, 4.69) is 0 Å². The summed E-state index contributed by atoms with van der Waals surface area (Å²) in [5.41, 5.74) is 0.363. The number of hydrogen-bond donors (Lipinski definition) is 1. The highest BCUT2D eigenvalue weighted by atomic mass is 32.2. The molecule has 2 unspecified atom stereocenters. The maximum Gasteiger partial charge on any atom is 0.346 e. The molecule has 1 heterocycles. The minimum absolute atomic E-state index is 0.0902. The lowest BCUT2D eigenvalue weighted by molar-refractivity contribution is 0.0701. The van der Waals surface area contributed by atoms with Gasteiger partial charge in [-0.15, -0.1) is 11.3 Å². The summed E-state index contributed by atoms with van der Waals surface area (Å²) in [6, 6.07) is 4.55. The molecule has 0 radical (unpaired) electrons. The summed E-state index contributed by atoms with van der Waals surface area (Å²) in [6.45, 7) is 4.02. The van der Waals surface area contributed by atoms with E-state index in [0.29, 0.717) is 27.3 Å². The normalized spacial score (nSPS) is 14.2. The third-order valence-electron chi connectivity index (χ3n) is 3.43. The van der Waals surface area contributed by atoms with Crippen LogP contribution in [0.4, 0.5) is 4.39 Å². The van der Waals surface area contributed by atoms with E-state index in [9.17, 15) is 18.5 Å². The smallest absolute Gasteiger partial charge is 0.346 e. The fourth-order valence-corrected chi connectivity index (χ4v) is 4.90. The number of thiophene rings is 1. The minimum atomic E-state index is -1.19. The second-order valence-corrected chi connectivity index (χ2v) is 7.65. The van der Waals surface area contributed by atoms with Gasteiger partial charge in [-0.25, -0.2) is 9.18 Å². The molecule has 2 aromatic rings. The average molecular weight is 328 g/mol. The Labute approximate surface area is 129 Å². The molecule has 0 aliphatic rings. The quantitative estimate of drug-likeness (QED) is 0.871. The second-order valence-electron chi connectivity index (χ2n) is 5.09. The van der Waals surface area contributed by atoms with E-state index in [1.165, 1.54) is 6.07 Å². The van der Waals surface area contributed by atoms with Gasteiger partial charge in [0.25, 0.3) is 0 Å². The van der Waals surface area contributed by atoms with Crippen molar-refractivity contribution in [2.75, 3.05) is 5.75 Å². The number of benzene rings is 1. The summed E-state index contributed by atoms with van der Waals surface area (Å²) >= 11 is 1.04. The third-order valence-corrected chi connectivity index (χ3v) is 6.17. The molecule has 3 nitrogen and oxygen atoms in total. The first-order valence-corrected chi connectivity index (χ1v) is 9.02. The van der Waals surface area contributed by atoms with Gasteiger partial charge in [0.2, 0.25) is 0 Å². The lowest BCUT2D eigenvalue weighted by atomic mass is 10.1. The molecule has 2 atom stereocenters. The number of carboxylic acid groups (broad SMARTS) is 1. The van der Waals surface area contributed by atoms with Gasteiger partial charge in [-0.2, -0.15) is 0 Å². The molecule has 0 aliphatic heterocycles. The zero-order valence-electron chi connectivity index (χ0n) is 11.9. The van der Waals surface area contributed by atoms with Crippen LogP contribution < -0.4 is 0 Å². The standard InChI is InChI=1S/C15H17FO3S2/c1-3-9(2)7-21(19)8-10-13-11(16)5-4-6-12(13)20-14(10)15(17)18/h4-6,9H,3,7-8H2,1-2H3,(H,17,18). The van der Waals surface area contributed by atoms with Crippen molar-refractivity contribution in [2.45, 2.75) is 26.0 Å². The van der Waals surface area contributed by atoms with Gasteiger partial charge in [-0.1, -0.05) is 26.3 Å². The van der Waals surface area contributed by atoms with Crippen LogP contribution in [-0.2, 0) is 16.6 Å². The zero-order chi connectivity index (χ0) is 15.6. The van der Waals surface area contributed by atoms with E-state index < -0.39 is 22.6 Å². The molecule has 0 saturated carbocycles. The second kappa shape index (κ2) is 6.66. The summed E-state index contributed by atoms with van der Waals surface area (Å²) in [7, 11) is -1.19. The van der Waals surface area contributed by atoms with E-state index in [4.69, 9.17) is 0 Å². The van der Waals surface area contributed by atoms with Crippen molar-refractivity contribution < 1.29 is 18.5 Å². The van der Waals surface area contributed by atoms with Crippen LogP contribution in [0.2, 0.25) is 0 Å². The molecular weight excluding hydrogens is 311 g/mol. The molecule has 0 bridgehead atoms. The summed E-state index contributed by atoms with van der Waals surface area (Å²) in [5, 5.41) is 9.59. The van der Waals surface area contributed by atoms with Crippen molar-refractivity contribution in [2.24, 2.45) is 5.92 Å². The summed E-state index contributed by atoms with van der Waals surface area (Å²) in [6.07, 6.45) is 0.913. The van der Waals surface area contributed by atoms with E-state index >= 15 is 0 Å². The van der Waals surface area contributed by atoms with Gasteiger partial charge in [0.1, 0.15) is 10.7 Å². The minimum Gasteiger partial charge on any atom is -0.477 e. The fourth-order valence-electron chi connectivity index (χ4n) is 2.13. The first kappa shape index (κ1) is 16.1. The number of fused-ring (bicyclic) bond motifs is 1. The Morgan fingerprint density at radius 2 is 2.19 bits per heavy atom. The molecule has 0 aliphatic carbocycles. The Balaban J connectivity index is 2.43. The maximum atomic E-state index is 14.0. The van der Waals surface area contributed by atoms with Crippen LogP contribution in [0.3, 0.4) is 0 Å². The Kier molecular flexibility index (Phi) is 5.11. The maximum absolute atomic E-state index is 14.0. The predicted octanol–water partition coefficient (Wildman–Crippen LogP) is 4.03. The Bertz CT molecular complexity index is 694. The van der Waals surface area contributed by atoms with Crippen LogP contribution in [0.15, 0.2) is 18.2 Å². The molecule has 1 aromatic heterocycles. The average Bonchev–Trinajstić information content (AvgIpc) is 2.78. The van der Waals surface area contributed by atoms with Crippen LogP contribution in [-0.4, -0.2) is 21.0 Å². The van der Waals surface area contributed by atoms with Crippen molar-refractivity contribution >= 4 is 38.2 Å². The lowest BCUT2D eigenvalue weighted by Crippen LogP contribution is -2.10. The van der Waals surface area contributed by atoms with Crippen molar-refractivity contribution in [3.63, 3.8) is 0 Å². The monoisotopic (exact) mass is 328 g/mol. The molecule has 21 heavy (non-hydrogen) atoms. The molecule has 1 aromatic carbocycles. The largest absolute Gasteiger partial charge is 0.477 e. The van der Waals surface area contributed by atoms with E-state index in [1.807, 2.05) is 13.8 Å². The van der Waals surface area contributed by atoms with Crippen LogP contribution in [0.1, 0.15) is 35.5 Å². The Morgan fingerprint density at radius 3 is 2.81 bits per heavy atom. The van der Waals surface area contributed by atoms with Crippen molar-refractivity contribution in [1.29, 1.82) is 0 Å². The molecule has 0 amide bonds. The summed E-state index contributed by atoms with van der Waals surface area (Å²) in [4.78, 5) is 11.4. The number of carboxylic acids is 1. The number of carbonyl (C=O) groups is 1. The Morgan fingerprint density at radius 1 is 1.48 bits per heavy atom. The fraction of sp³-hybridized carbons (Fsp3) is 0.400. The number of hydrogen-bond acceptors (Lipinski definition) is 3. The summed E-state index contributed by atoms with van der Waals surface area (Å²) < 4.78 is 26.8. The van der Waals surface area contributed by atoms with Gasteiger partial charge in [-0.05, 0) is 18.1 Å². The van der Waals surface area contributed by atoms with Crippen LogP contribution in [0.5, 0.6) is 0 Å². The molecule has 0 fully saturated rings. The molecule has 2 rings (SSSR count). The highest BCUT2D eigenvalue weighted by molar-refractivity contribution is 7.84. The van der Waals surface area contributed by atoms with Crippen LogP contribution >= 0.6 is 11.3 Å². The van der Waals surface area contributed by atoms with E-state index in [-0.39, 0.29) is 10.6 Å². The van der Waals surface area contributed by atoms with Crippen LogP contribution in [0.25, 0.3) is 10.1 Å². The van der Waals surface area contributed by atoms with Gasteiger partial charge in [0.15, 0.2) is 0 Å². The molecule has 0 saturated heterocycles. The van der Waals surface area contributed by atoms with Crippen LogP contribution in [0, 0.1) is 11.7 Å². The first-order chi connectivity index (χ1) is 9.93. The van der Waals surface area contributed by atoms with E-state index in [1.54, 1.807) is 12.1 Å². The molecular formula is C15H17FO3S2. The summed E-state index contributed by atoms with van der Waals surface area (Å²) in [5.74, 6) is -0.652. The SMILES string of the molecule is CCC(C)CS(=O)Cc1c(C(=O)O)sc2cccc(F)c12. The number of halogens is 1. The van der Waals surface area contributed by atoms with Crippen molar-refractivity contribution in [3.05, 3.63) is 34.5 Å². The first-order valence-electron chi connectivity index (χ1n) is 6.72. The van der Waals surface area contributed by atoms with E-state index in [0.717, 1.165) is 17.8 Å². The zero-order valence-corrected chi connectivity index (χ0v) is 13.5. The van der Waals surface area contributed by atoms with Crippen molar-refractivity contribution in [3.8, 4) is 0 Å². The molecule has 114 valence electrons. The Hall–Kier alpha value is -1.27.